The Labute approximate surface area is 144 Å². The van der Waals surface area contributed by atoms with Gasteiger partial charge in [0.15, 0.2) is 0 Å². The molecular weight excluding hydrogens is 328 g/mol. The Bertz CT molecular complexity index is 725. The predicted octanol–water partition coefficient (Wildman–Crippen LogP) is 3.11. The number of carboxylic acid groups (broad SMARTS) is 1. The highest BCUT2D eigenvalue weighted by molar-refractivity contribution is 7.13. The molecule has 0 saturated heterocycles. The molecule has 1 atom stereocenters. The number of nitrogens with zero attached hydrogens (tertiary/aromatic N) is 1. The van der Waals surface area contributed by atoms with Crippen LogP contribution in [0.25, 0.3) is 0 Å². The summed E-state index contributed by atoms with van der Waals surface area (Å²) in [6, 6.07) is 7.19. The summed E-state index contributed by atoms with van der Waals surface area (Å²) in [4.78, 5) is 28.1. The minimum absolute atomic E-state index is 0.209. The SMILES string of the molecule is COCc1nc(C)c(C(=O)Nc2ccc(CC(C)C(=O)O)cc2)s1. The number of nitrogens with one attached hydrogen (secondary N) is 1. The number of amides is 1. The lowest BCUT2D eigenvalue weighted by atomic mass is 10.0. The molecule has 0 radical (unpaired) electrons. The maximum absolute atomic E-state index is 12.3. The Hall–Kier alpha value is -2.25. The van der Waals surface area contributed by atoms with Crippen molar-refractivity contribution >= 4 is 28.9 Å². The van der Waals surface area contributed by atoms with Crippen LogP contribution < -0.4 is 5.32 Å². The number of hydrogen-bond donors (Lipinski definition) is 2. The van der Waals surface area contributed by atoms with Crippen molar-refractivity contribution in [3.05, 3.63) is 45.4 Å². The highest BCUT2D eigenvalue weighted by Crippen LogP contribution is 2.21. The van der Waals surface area contributed by atoms with E-state index in [1.165, 1.54) is 11.3 Å². The van der Waals surface area contributed by atoms with Crippen LogP contribution in [0.1, 0.15) is 32.9 Å². The van der Waals surface area contributed by atoms with Gasteiger partial charge in [0.2, 0.25) is 0 Å². The third kappa shape index (κ3) is 4.62. The van der Waals surface area contributed by atoms with E-state index in [9.17, 15) is 9.59 Å². The van der Waals surface area contributed by atoms with Crippen LogP contribution in [0.2, 0.25) is 0 Å². The van der Waals surface area contributed by atoms with Crippen LogP contribution in [0.15, 0.2) is 24.3 Å². The van der Waals surface area contributed by atoms with Gasteiger partial charge in [-0.05, 0) is 31.0 Å². The largest absolute Gasteiger partial charge is 0.481 e. The first kappa shape index (κ1) is 18.1. The summed E-state index contributed by atoms with van der Waals surface area (Å²) in [6.45, 7) is 3.85. The van der Waals surface area contributed by atoms with Gasteiger partial charge in [-0.1, -0.05) is 19.1 Å². The number of thiazole rings is 1. The van der Waals surface area contributed by atoms with Crippen molar-refractivity contribution in [1.82, 2.24) is 4.98 Å². The third-order valence-corrected chi connectivity index (χ3v) is 4.62. The average Bonchev–Trinajstić information content (AvgIpc) is 2.90. The molecule has 0 saturated carbocycles. The van der Waals surface area contributed by atoms with Gasteiger partial charge in [-0.2, -0.15) is 0 Å². The number of aliphatic carboxylic acids is 1. The highest BCUT2D eigenvalue weighted by Gasteiger charge is 2.16. The van der Waals surface area contributed by atoms with E-state index >= 15 is 0 Å². The standard InChI is InChI=1S/C17H20N2O4S/c1-10(17(21)22)8-12-4-6-13(7-5-12)19-16(20)15-11(2)18-14(24-15)9-23-3/h4-7,10H,8-9H2,1-3H3,(H,19,20)(H,21,22). The molecule has 0 aliphatic carbocycles. The number of carbonyl (C=O) groups is 2. The first-order chi connectivity index (χ1) is 11.4. The van der Waals surface area contributed by atoms with Gasteiger partial charge in [-0.3, -0.25) is 9.59 Å². The number of aryl methyl sites for hydroxylation is 1. The van der Waals surface area contributed by atoms with E-state index in [-0.39, 0.29) is 5.91 Å². The molecule has 6 nitrogen and oxygen atoms in total. The summed E-state index contributed by atoms with van der Waals surface area (Å²) >= 11 is 1.31. The number of benzene rings is 1. The molecule has 0 fully saturated rings. The van der Waals surface area contributed by atoms with Crippen molar-refractivity contribution in [2.45, 2.75) is 26.9 Å². The lowest BCUT2D eigenvalue weighted by molar-refractivity contribution is -0.141. The molecule has 1 aromatic heterocycles. The predicted molar refractivity (Wildman–Crippen MR) is 92.5 cm³/mol. The number of carboxylic acids is 1. The zero-order chi connectivity index (χ0) is 17.7. The van der Waals surface area contributed by atoms with Gasteiger partial charge in [-0.15, -0.1) is 11.3 Å². The molecule has 24 heavy (non-hydrogen) atoms. The second kappa shape index (κ2) is 8.03. The van der Waals surface area contributed by atoms with E-state index < -0.39 is 11.9 Å². The lowest BCUT2D eigenvalue weighted by Gasteiger charge is -2.08. The highest BCUT2D eigenvalue weighted by atomic mass is 32.1. The van der Waals surface area contributed by atoms with Crippen molar-refractivity contribution in [1.29, 1.82) is 0 Å². The van der Waals surface area contributed by atoms with E-state index in [0.29, 0.717) is 29.3 Å². The van der Waals surface area contributed by atoms with Gasteiger partial charge in [-0.25, -0.2) is 4.98 Å². The zero-order valence-electron chi connectivity index (χ0n) is 13.8. The van der Waals surface area contributed by atoms with Crippen LogP contribution >= 0.6 is 11.3 Å². The van der Waals surface area contributed by atoms with Gasteiger partial charge in [0, 0.05) is 12.8 Å². The van der Waals surface area contributed by atoms with Crippen molar-refractivity contribution in [2.24, 2.45) is 5.92 Å². The van der Waals surface area contributed by atoms with E-state index in [1.54, 1.807) is 33.1 Å². The monoisotopic (exact) mass is 348 g/mol. The normalized spacial score (nSPS) is 12.0. The van der Waals surface area contributed by atoms with E-state index in [2.05, 4.69) is 10.3 Å². The number of rotatable bonds is 7. The summed E-state index contributed by atoms with van der Waals surface area (Å²) in [6.07, 6.45) is 0.456. The van der Waals surface area contributed by atoms with Gasteiger partial charge in [0.05, 0.1) is 18.2 Å². The Morgan fingerprint density at radius 2 is 2.00 bits per heavy atom. The maximum Gasteiger partial charge on any atom is 0.306 e. The molecule has 128 valence electrons. The Kier molecular flexibility index (Phi) is 6.05. The number of hydrogen-bond acceptors (Lipinski definition) is 5. The second-order valence-corrected chi connectivity index (χ2v) is 6.63. The Morgan fingerprint density at radius 3 is 2.58 bits per heavy atom. The number of aromatic nitrogens is 1. The molecule has 2 rings (SSSR count). The van der Waals surface area contributed by atoms with Crippen LogP contribution in [0.4, 0.5) is 5.69 Å². The fourth-order valence-corrected chi connectivity index (χ4v) is 3.13. The number of ether oxygens (including phenoxy) is 1. The molecule has 7 heteroatoms. The zero-order valence-corrected chi connectivity index (χ0v) is 14.6. The number of carbonyl (C=O) groups excluding carboxylic acids is 1. The van der Waals surface area contributed by atoms with Gasteiger partial charge in [0.1, 0.15) is 9.88 Å². The first-order valence-electron chi connectivity index (χ1n) is 7.49. The molecule has 0 aliphatic heterocycles. The van der Waals surface area contributed by atoms with Gasteiger partial charge >= 0.3 is 5.97 Å². The van der Waals surface area contributed by atoms with E-state index in [1.807, 2.05) is 12.1 Å². The minimum atomic E-state index is -0.820. The van der Waals surface area contributed by atoms with Gasteiger partial charge in [0.25, 0.3) is 5.91 Å². The molecule has 2 N–H and O–H groups in total. The molecule has 1 amide bonds. The molecule has 0 bridgehead atoms. The van der Waals surface area contributed by atoms with Crippen LogP contribution in [0, 0.1) is 12.8 Å². The lowest BCUT2D eigenvalue weighted by Crippen LogP contribution is -2.13. The van der Waals surface area contributed by atoms with Crippen molar-refractivity contribution in [3.63, 3.8) is 0 Å². The van der Waals surface area contributed by atoms with Crippen molar-refractivity contribution < 1.29 is 19.4 Å². The van der Waals surface area contributed by atoms with Crippen molar-refractivity contribution in [2.75, 3.05) is 12.4 Å². The average molecular weight is 348 g/mol. The van der Waals surface area contributed by atoms with Crippen LogP contribution in [0.5, 0.6) is 0 Å². The fraction of sp³-hybridized carbons (Fsp3) is 0.353. The fourth-order valence-electron chi connectivity index (χ4n) is 2.20. The molecule has 0 aliphatic rings. The molecule has 1 unspecified atom stereocenters. The molecular formula is C17H20N2O4S. The smallest absolute Gasteiger partial charge is 0.306 e. The van der Waals surface area contributed by atoms with E-state index in [4.69, 9.17) is 9.84 Å². The van der Waals surface area contributed by atoms with Crippen molar-refractivity contribution in [3.8, 4) is 0 Å². The molecule has 1 aromatic carbocycles. The van der Waals surface area contributed by atoms with Crippen LogP contribution in [-0.4, -0.2) is 29.1 Å². The number of anilines is 1. The third-order valence-electron chi connectivity index (χ3n) is 3.49. The summed E-state index contributed by atoms with van der Waals surface area (Å²) < 4.78 is 5.03. The summed E-state index contributed by atoms with van der Waals surface area (Å²) in [7, 11) is 1.59. The quantitative estimate of drug-likeness (QED) is 0.802. The second-order valence-electron chi connectivity index (χ2n) is 5.55. The van der Waals surface area contributed by atoms with E-state index in [0.717, 1.165) is 10.6 Å². The molecule has 2 aromatic rings. The Balaban J connectivity index is 2.03. The summed E-state index contributed by atoms with van der Waals surface area (Å²) in [5.41, 5.74) is 2.25. The van der Waals surface area contributed by atoms with Crippen LogP contribution in [0.3, 0.4) is 0 Å². The Morgan fingerprint density at radius 1 is 1.33 bits per heavy atom. The maximum atomic E-state index is 12.3. The minimum Gasteiger partial charge on any atom is -0.481 e. The van der Waals surface area contributed by atoms with Gasteiger partial charge < -0.3 is 15.2 Å². The first-order valence-corrected chi connectivity index (χ1v) is 8.30. The van der Waals surface area contributed by atoms with Crippen LogP contribution in [-0.2, 0) is 22.6 Å². The summed E-state index contributed by atoms with van der Waals surface area (Å²) in [5.74, 6) is -1.47. The topological polar surface area (TPSA) is 88.5 Å². The summed E-state index contributed by atoms with van der Waals surface area (Å²) in [5, 5.41) is 12.5. The molecule has 1 heterocycles. The number of methoxy groups -OCH3 is 1. The molecule has 0 spiro atoms.